The number of pyridine rings is 1. The first-order valence-electron chi connectivity index (χ1n) is 6.42. The van der Waals surface area contributed by atoms with Gasteiger partial charge < -0.3 is 15.0 Å². The number of amides is 1. The van der Waals surface area contributed by atoms with Crippen LogP contribution in [0.5, 0.6) is 0 Å². The second-order valence-electron chi connectivity index (χ2n) is 4.77. The fourth-order valence-corrected chi connectivity index (χ4v) is 2.03. The van der Waals surface area contributed by atoms with E-state index in [-0.39, 0.29) is 11.8 Å². The second-order valence-corrected chi connectivity index (χ2v) is 4.77. The van der Waals surface area contributed by atoms with Crippen molar-refractivity contribution in [3.63, 3.8) is 0 Å². The fourth-order valence-electron chi connectivity index (χ4n) is 2.03. The summed E-state index contributed by atoms with van der Waals surface area (Å²) in [7, 11) is 0. The summed E-state index contributed by atoms with van der Waals surface area (Å²) in [6.07, 6.45) is 3.77. The molecule has 2 aliphatic rings. The molecule has 1 aromatic heterocycles. The molecule has 1 saturated heterocycles. The topological polar surface area (TPSA) is 54.5 Å². The van der Waals surface area contributed by atoms with Crippen LogP contribution in [-0.2, 0) is 9.53 Å². The van der Waals surface area contributed by atoms with Gasteiger partial charge in [0.05, 0.1) is 25.1 Å². The van der Waals surface area contributed by atoms with Gasteiger partial charge in [-0.1, -0.05) is 0 Å². The molecule has 1 aromatic rings. The molecule has 1 amide bonds. The van der Waals surface area contributed by atoms with Crippen molar-refractivity contribution in [2.75, 3.05) is 36.5 Å². The standard InChI is InChI=1S/C13H17N3O2/c17-13(10-1-2-10)15-11-3-4-12(14-9-11)16-5-7-18-8-6-16/h3-4,9-10H,1-2,5-8H2,(H,15,17). The number of rotatable bonds is 3. The lowest BCUT2D eigenvalue weighted by Crippen LogP contribution is -2.36. The normalized spacial score (nSPS) is 19.7. The number of carbonyl (C=O) groups excluding carboxylic acids is 1. The molecule has 0 unspecified atom stereocenters. The summed E-state index contributed by atoms with van der Waals surface area (Å²) >= 11 is 0. The van der Waals surface area contributed by atoms with Gasteiger partial charge in [-0.05, 0) is 25.0 Å². The van der Waals surface area contributed by atoms with E-state index in [9.17, 15) is 4.79 Å². The van der Waals surface area contributed by atoms with Gasteiger partial charge >= 0.3 is 0 Å². The minimum Gasteiger partial charge on any atom is -0.378 e. The van der Waals surface area contributed by atoms with Crippen LogP contribution in [0.1, 0.15) is 12.8 Å². The number of nitrogens with one attached hydrogen (secondary N) is 1. The summed E-state index contributed by atoms with van der Waals surface area (Å²) in [5.41, 5.74) is 0.781. The zero-order valence-corrected chi connectivity index (χ0v) is 10.3. The molecule has 1 saturated carbocycles. The van der Waals surface area contributed by atoms with Gasteiger partial charge in [0.2, 0.25) is 5.91 Å². The maximum atomic E-state index is 11.6. The minimum atomic E-state index is 0.121. The molecule has 18 heavy (non-hydrogen) atoms. The first kappa shape index (κ1) is 11.5. The average molecular weight is 247 g/mol. The SMILES string of the molecule is O=C(Nc1ccc(N2CCOCC2)nc1)C1CC1. The van der Waals surface area contributed by atoms with Gasteiger partial charge in [0.1, 0.15) is 5.82 Å². The third kappa shape index (κ3) is 2.61. The summed E-state index contributed by atoms with van der Waals surface area (Å²) in [5.74, 6) is 1.29. The second kappa shape index (κ2) is 4.94. The average Bonchev–Trinajstić information content (AvgIpc) is 3.25. The minimum absolute atomic E-state index is 0.121. The molecular formula is C13H17N3O2. The number of ether oxygens (including phenoxy) is 1. The molecule has 5 heteroatoms. The summed E-state index contributed by atoms with van der Waals surface area (Å²) in [6, 6.07) is 3.87. The molecule has 5 nitrogen and oxygen atoms in total. The van der Waals surface area contributed by atoms with E-state index in [1.807, 2.05) is 12.1 Å². The summed E-state index contributed by atoms with van der Waals surface area (Å²) in [6.45, 7) is 3.26. The molecule has 1 aliphatic heterocycles. The van der Waals surface area contributed by atoms with E-state index in [2.05, 4.69) is 15.2 Å². The van der Waals surface area contributed by atoms with Gasteiger partial charge in [0.15, 0.2) is 0 Å². The van der Waals surface area contributed by atoms with E-state index in [0.29, 0.717) is 0 Å². The molecule has 2 fully saturated rings. The highest BCUT2D eigenvalue weighted by atomic mass is 16.5. The first-order valence-corrected chi connectivity index (χ1v) is 6.42. The lowest BCUT2D eigenvalue weighted by molar-refractivity contribution is -0.117. The van der Waals surface area contributed by atoms with Crippen LogP contribution in [0.4, 0.5) is 11.5 Å². The molecule has 0 bridgehead atoms. The van der Waals surface area contributed by atoms with Crippen molar-refractivity contribution in [1.82, 2.24) is 4.98 Å². The molecule has 0 spiro atoms. The quantitative estimate of drug-likeness (QED) is 0.874. The van der Waals surface area contributed by atoms with Crippen molar-refractivity contribution in [1.29, 1.82) is 0 Å². The summed E-state index contributed by atoms with van der Waals surface area (Å²) in [5, 5.41) is 2.89. The maximum absolute atomic E-state index is 11.6. The first-order chi connectivity index (χ1) is 8.83. The van der Waals surface area contributed by atoms with Crippen LogP contribution < -0.4 is 10.2 Å². The number of morpholine rings is 1. The monoisotopic (exact) mass is 247 g/mol. The predicted octanol–water partition coefficient (Wildman–Crippen LogP) is 1.27. The zero-order valence-electron chi connectivity index (χ0n) is 10.3. The van der Waals surface area contributed by atoms with E-state index < -0.39 is 0 Å². The Morgan fingerprint density at radius 2 is 2.11 bits per heavy atom. The lowest BCUT2D eigenvalue weighted by atomic mass is 10.3. The molecule has 0 atom stereocenters. The van der Waals surface area contributed by atoms with Crippen molar-refractivity contribution in [3.8, 4) is 0 Å². The molecule has 0 radical (unpaired) electrons. The van der Waals surface area contributed by atoms with Crippen molar-refractivity contribution >= 4 is 17.4 Å². The fraction of sp³-hybridized carbons (Fsp3) is 0.538. The highest BCUT2D eigenvalue weighted by Gasteiger charge is 2.29. The largest absolute Gasteiger partial charge is 0.378 e. The molecule has 1 aliphatic carbocycles. The Bertz CT molecular complexity index is 422. The van der Waals surface area contributed by atoms with Crippen molar-refractivity contribution in [3.05, 3.63) is 18.3 Å². The predicted molar refractivity (Wildman–Crippen MR) is 68.6 cm³/mol. The van der Waals surface area contributed by atoms with Gasteiger partial charge in [0.25, 0.3) is 0 Å². The third-order valence-electron chi connectivity index (χ3n) is 3.30. The summed E-state index contributed by atoms with van der Waals surface area (Å²) in [4.78, 5) is 18.2. The van der Waals surface area contributed by atoms with Crippen molar-refractivity contribution in [2.45, 2.75) is 12.8 Å². The number of anilines is 2. The smallest absolute Gasteiger partial charge is 0.227 e. The molecule has 2 heterocycles. The zero-order chi connectivity index (χ0) is 12.4. The Labute approximate surface area is 106 Å². The Morgan fingerprint density at radius 3 is 2.72 bits per heavy atom. The van der Waals surface area contributed by atoms with Crippen molar-refractivity contribution < 1.29 is 9.53 Å². The summed E-state index contributed by atoms with van der Waals surface area (Å²) < 4.78 is 5.30. The van der Waals surface area contributed by atoms with Gasteiger partial charge in [-0.2, -0.15) is 0 Å². The Hall–Kier alpha value is -1.62. The van der Waals surface area contributed by atoms with Gasteiger partial charge in [0, 0.05) is 19.0 Å². The molecule has 1 N–H and O–H groups in total. The van der Waals surface area contributed by atoms with E-state index in [4.69, 9.17) is 4.74 Å². The van der Waals surface area contributed by atoms with E-state index in [0.717, 1.165) is 50.7 Å². The van der Waals surface area contributed by atoms with E-state index in [1.165, 1.54) is 0 Å². The number of nitrogens with zero attached hydrogens (tertiary/aromatic N) is 2. The van der Waals surface area contributed by atoms with Crippen LogP contribution in [0, 0.1) is 5.92 Å². The van der Waals surface area contributed by atoms with E-state index >= 15 is 0 Å². The lowest BCUT2D eigenvalue weighted by Gasteiger charge is -2.27. The van der Waals surface area contributed by atoms with E-state index in [1.54, 1.807) is 6.20 Å². The van der Waals surface area contributed by atoms with Crippen LogP contribution in [0.25, 0.3) is 0 Å². The Morgan fingerprint density at radius 1 is 1.33 bits per heavy atom. The molecule has 96 valence electrons. The number of hydrogen-bond donors (Lipinski definition) is 1. The van der Waals surface area contributed by atoms with Crippen LogP contribution in [0.2, 0.25) is 0 Å². The van der Waals surface area contributed by atoms with Gasteiger partial charge in [-0.25, -0.2) is 4.98 Å². The molecular weight excluding hydrogens is 230 g/mol. The Balaban J connectivity index is 1.62. The van der Waals surface area contributed by atoms with Crippen LogP contribution in [0.15, 0.2) is 18.3 Å². The highest BCUT2D eigenvalue weighted by Crippen LogP contribution is 2.30. The number of hydrogen-bond acceptors (Lipinski definition) is 4. The maximum Gasteiger partial charge on any atom is 0.227 e. The van der Waals surface area contributed by atoms with Gasteiger partial charge in [-0.15, -0.1) is 0 Å². The molecule has 3 rings (SSSR count). The Kier molecular flexibility index (Phi) is 3.15. The molecule has 0 aromatic carbocycles. The number of aromatic nitrogens is 1. The third-order valence-corrected chi connectivity index (χ3v) is 3.30. The highest BCUT2D eigenvalue weighted by molar-refractivity contribution is 5.93. The van der Waals surface area contributed by atoms with Crippen LogP contribution in [0.3, 0.4) is 0 Å². The van der Waals surface area contributed by atoms with Crippen molar-refractivity contribution in [2.24, 2.45) is 5.92 Å². The number of carbonyl (C=O) groups is 1. The van der Waals surface area contributed by atoms with Gasteiger partial charge in [-0.3, -0.25) is 4.79 Å². The van der Waals surface area contributed by atoms with Crippen LogP contribution >= 0.6 is 0 Å². The van der Waals surface area contributed by atoms with Crippen LogP contribution in [-0.4, -0.2) is 37.2 Å².